The molecule has 194 valence electrons. The molecule has 2 N–H and O–H groups in total. The fourth-order valence-electron chi connectivity index (χ4n) is 4.41. The Bertz CT molecular complexity index is 1540. The second kappa shape index (κ2) is 11.5. The topological polar surface area (TPSA) is 94.5 Å². The molecular formula is C29H27ClN4O4. The molecule has 1 aliphatic rings. The number of hydrogen-bond acceptors (Lipinski definition) is 6. The molecule has 0 aliphatic heterocycles. The molecule has 0 fully saturated rings. The summed E-state index contributed by atoms with van der Waals surface area (Å²) in [6, 6.07) is 19.8. The monoisotopic (exact) mass is 530 g/mol. The number of carbonyl (C=O) groups excluding carboxylic acids is 1. The molecule has 3 aromatic carbocycles. The zero-order valence-corrected chi connectivity index (χ0v) is 21.6. The molecule has 38 heavy (non-hydrogen) atoms. The number of rotatable bonds is 9. The van der Waals surface area contributed by atoms with Crippen LogP contribution >= 0.6 is 11.6 Å². The van der Waals surface area contributed by atoms with Crippen LogP contribution in [0.25, 0.3) is 5.69 Å². The predicted molar refractivity (Wildman–Crippen MR) is 147 cm³/mol. The van der Waals surface area contributed by atoms with E-state index < -0.39 is 5.56 Å². The summed E-state index contributed by atoms with van der Waals surface area (Å²) in [5, 5.41) is 10.8. The van der Waals surface area contributed by atoms with Gasteiger partial charge in [-0.05, 0) is 78.9 Å². The zero-order valence-electron chi connectivity index (χ0n) is 20.9. The van der Waals surface area contributed by atoms with E-state index >= 15 is 0 Å². The van der Waals surface area contributed by atoms with Crippen molar-refractivity contribution in [2.45, 2.75) is 19.3 Å². The van der Waals surface area contributed by atoms with Crippen LogP contribution in [0.1, 0.15) is 27.9 Å². The van der Waals surface area contributed by atoms with Crippen LogP contribution in [0.5, 0.6) is 11.5 Å². The number of methoxy groups -OCH3 is 1. The van der Waals surface area contributed by atoms with Crippen molar-refractivity contribution in [1.82, 2.24) is 15.1 Å². The number of nitrogens with one attached hydrogen (secondary N) is 2. The molecule has 0 radical (unpaired) electrons. The van der Waals surface area contributed by atoms with E-state index in [0.29, 0.717) is 40.9 Å². The van der Waals surface area contributed by atoms with Crippen LogP contribution in [0.3, 0.4) is 0 Å². The number of nitrogens with zero attached hydrogens (tertiary/aromatic N) is 2. The Balaban J connectivity index is 1.51. The number of aromatic nitrogens is 2. The molecule has 8 nitrogen and oxygen atoms in total. The molecule has 1 heterocycles. The van der Waals surface area contributed by atoms with E-state index in [2.05, 4.69) is 21.8 Å². The standard InChI is InChI=1S/C29H27ClN4O4/c1-37-14-13-31-28(35)21-7-3-9-23(15-21)33-27-26(38-25-12-11-19-5-2-6-20(19)16-25)18-32-34(29(27)36)24-10-4-8-22(30)17-24/h3-4,7-12,15-18,33H,2,5-6,13-14H2,1H3,(H,31,35). The molecule has 1 aliphatic carbocycles. The SMILES string of the molecule is COCCNC(=O)c1cccc(Nc2c(Oc3ccc4c(c3)CCC4)cnn(-c3cccc(Cl)c3)c2=O)c1. The molecule has 1 amide bonds. The number of halogens is 1. The van der Waals surface area contributed by atoms with Gasteiger partial charge in [-0.25, -0.2) is 0 Å². The normalized spacial score (nSPS) is 12.2. The smallest absolute Gasteiger partial charge is 0.299 e. The second-order valence-electron chi connectivity index (χ2n) is 8.92. The predicted octanol–water partition coefficient (Wildman–Crippen LogP) is 5.29. The van der Waals surface area contributed by atoms with E-state index in [-0.39, 0.29) is 17.3 Å². The number of hydrogen-bond donors (Lipinski definition) is 2. The van der Waals surface area contributed by atoms with Gasteiger partial charge in [-0.3, -0.25) is 9.59 Å². The summed E-state index contributed by atoms with van der Waals surface area (Å²) >= 11 is 6.16. The lowest BCUT2D eigenvalue weighted by Gasteiger charge is -2.15. The fourth-order valence-corrected chi connectivity index (χ4v) is 4.60. The first-order chi connectivity index (χ1) is 18.5. The van der Waals surface area contributed by atoms with Gasteiger partial charge in [0.15, 0.2) is 11.4 Å². The lowest BCUT2D eigenvalue weighted by Crippen LogP contribution is -2.27. The Labute approximate surface area is 225 Å². The van der Waals surface area contributed by atoms with Crippen LogP contribution in [-0.4, -0.2) is 35.9 Å². The van der Waals surface area contributed by atoms with E-state index in [4.69, 9.17) is 21.1 Å². The lowest BCUT2D eigenvalue weighted by atomic mass is 10.1. The number of anilines is 2. The number of carbonyl (C=O) groups is 1. The third-order valence-electron chi connectivity index (χ3n) is 6.28. The Hall–Kier alpha value is -4.14. The van der Waals surface area contributed by atoms with Gasteiger partial charge in [-0.1, -0.05) is 29.8 Å². The van der Waals surface area contributed by atoms with Gasteiger partial charge in [-0.2, -0.15) is 9.78 Å². The number of aryl methyl sites for hydroxylation is 2. The van der Waals surface area contributed by atoms with Crippen LogP contribution in [0.2, 0.25) is 5.02 Å². The van der Waals surface area contributed by atoms with Gasteiger partial charge < -0.3 is 20.1 Å². The van der Waals surface area contributed by atoms with Gasteiger partial charge in [-0.15, -0.1) is 0 Å². The summed E-state index contributed by atoms with van der Waals surface area (Å²) in [5.74, 6) is 0.647. The van der Waals surface area contributed by atoms with Crippen molar-refractivity contribution in [3.8, 4) is 17.2 Å². The van der Waals surface area contributed by atoms with Gasteiger partial charge >= 0.3 is 0 Å². The number of ether oxygens (including phenoxy) is 2. The fraction of sp³-hybridized carbons (Fsp3) is 0.207. The highest BCUT2D eigenvalue weighted by Crippen LogP contribution is 2.32. The van der Waals surface area contributed by atoms with Crippen LogP contribution in [0.4, 0.5) is 11.4 Å². The van der Waals surface area contributed by atoms with Crippen molar-refractivity contribution >= 4 is 28.9 Å². The summed E-state index contributed by atoms with van der Waals surface area (Å²) in [5.41, 5.74) is 3.83. The van der Waals surface area contributed by atoms with Gasteiger partial charge in [0.2, 0.25) is 0 Å². The molecule has 0 bridgehead atoms. The van der Waals surface area contributed by atoms with Crippen LogP contribution in [-0.2, 0) is 17.6 Å². The highest BCUT2D eigenvalue weighted by molar-refractivity contribution is 6.30. The molecule has 0 saturated carbocycles. The minimum absolute atomic E-state index is 0.178. The summed E-state index contributed by atoms with van der Waals surface area (Å²) in [4.78, 5) is 26.3. The summed E-state index contributed by atoms with van der Waals surface area (Å²) in [7, 11) is 1.57. The molecule has 1 aromatic heterocycles. The van der Waals surface area contributed by atoms with Crippen molar-refractivity contribution < 1.29 is 14.3 Å². The van der Waals surface area contributed by atoms with Crippen molar-refractivity contribution in [3.05, 3.63) is 105 Å². The highest BCUT2D eigenvalue weighted by atomic mass is 35.5. The van der Waals surface area contributed by atoms with Crippen LogP contribution < -0.4 is 20.9 Å². The Kier molecular flexibility index (Phi) is 7.72. The van der Waals surface area contributed by atoms with Gasteiger partial charge in [0.1, 0.15) is 5.75 Å². The van der Waals surface area contributed by atoms with Gasteiger partial charge in [0, 0.05) is 29.9 Å². The van der Waals surface area contributed by atoms with Crippen molar-refractivity contribution in [2.75, 3.05) is 25.6 Å². The maximum absolute atomic E-state index is 13.7. The third-order valence-corrected chi connectivity index (χ3v) is 6.51. The summed E-state index contributed by atoms with van der Waals surface area (Å²) < 4.78 is 12.4. The highest BCUT2D eigenvalue weighted by Gasteiger charge is 2.18. The molecule has 0 atom stereocenters. The number of fused-ring (bicyclic) bond motifs is 1. The molecule has 5 rings (SSSR count). The van der Waals surface area contributed by atoms with Crippen LogP contribution in [0, 0.1) is 0 Å². The van der Waals surface area contributed by atoms with E-state index in [0.717, 1.165) is 19.3 Å². The van der Waals surface area contributed by atoms with Crippen LogP contribution in [0.15, 0.2) is 77.7 Å². The Morgan fingerprint density at radius 1 is 1.05 bits per heavy atom. The lowest BCUT2D eigenvalue weighted by molar-refractivity contribution is 0.0937. The van der Waals surface area contributed by atoms with Gasteiger partial charge in [0.05, 0.1) is 18.5 Å². The third kappa shape index (κ3) is 5.72. The molecular weight excluding hydrogens is 504 g/mol. The zero-order chi connectivity index (χ0) is 26.5. The largest absolute Gasteiger partial charge is 0.453 e. The maximum atomic E-state index is 13.7. The Morgan fingerprint density at radius 3 is 2.74 bits per heavy atom. The van der Waals surface area contributed by atoms with E-state index in [9.17, 15) is 9.59 Å². The number of amides is 1. The number of benzene rings is 3. The van der Waals surface area contributed by atoms with Crippen molar-refractivity contribution in [3.63, 3.8) is 0 Å². The quantitative estimate of drug-likeness (QED) is 0.286. The minimum Gasteiger partial charge on any atom is -0.453 e. The van der Waals surface area contributed by atoms with Gasteiger partial charge in [0.25, 0.3) is 11.5 Å². The first-order valence-corrected chi connectivity index (χ1v) is 12.7. The van der Waals surface area contributed by atoms with E-state index in [1.54, 1.807) is 55.6 Å². The molecule has 0 saturated heterocycles. The summed E-state index contributed by atoms with van der Waals surface area (Å²) in [6.07, 6.45) is 4.69. The average molecular weight is 531 g/mol. The van der Waals surface area contributed by atoms with Crippen molar-refractivity contribution in [1.29, 1.82) is 0 Å². The Morgan fingerprint density at radius 2 is 1.89 bits per heavy atom. The minimum atomic E-state index is -0.430. The first-order valence-electron chi connectivity index (χ1n) is 12.3. The van der Waals surface area contributed by atoms with E-state index in [1.165, 1.54) is 22.0 Å². The van der Waals surface area contributed by atoms with E-state index in [1.807, 2.05) is 12.1 Å². The maximum Gasteiger partial charge on any atom is 0.299 e. The first kappa shape index (κ1) is 25.5. The molecule has 9 heteroatoms. The average Bonchev–Trinajstić information content (AvgIpc) is 3.39. The summed E-state index contributed by atoms with van der Waals surface area (Å²) in [6.45, 7) is 0.799. The second-order valence-corrected chi connectivity index (χ2v) is 9.36. The van der Waals surface area contributed by atoms with Crippen molar-refractivity contribution in [2.24, 2.45) is 0 Å². The molecule has 0 unspecified atom stereocenters. The molecule has 4 aromatic rings. The molecule has 0 spiro atoms.